The molecule has 2 aromatic heterocycles. The van der Waals surface area contributed by atoms with Crippen molar-refractivity contribution in [3.05, 3.63) is 36.4 Å². The van der Waals surface area contributed by atoms with Crippen LogP contribution < -0.4 is 5.32 Å². The average molecular weight is 217 g/mol. The Kier molecular flexibility index (Phi) is 2.90. The number of nitrogens with zero attached hydrogens (tertiary/aromatic N) is 4. The maximum absolute atomic E-state index is 11.8. The first kappa shape index (κ1) is 10.3. The highest BCUT2D eigenvalue weighted by atomic mass is 16.2. The number of nitrogens with one attached hydrogen (secondary N) is 1. The molecule has 0 aliphatic heterocycles. The summed E-state index contributed by atoms with van der Waals surface area (Å²) in [6, 6.07) is 3.34. The molecule has 1 N–H and O–H groups in total. The molecule has 0 aliphatic rings. The van der Waals surface area contributed by atoms with E-state index in [9.17, 15) is 4.79 Å². The fourth-order valence-corrected chi connectivity index (χ4v) is 1.31. The summed E-state index contributed by atoms with van der Waals surface area (Å²) in [6.07, 6.45) is 4.73. The molecule has 82 valence electrons. The first-order valence-electron chi connectivity index (χ1n) is 4.91. The van der Waals surface area contributed by atoms with Gasteiger partial charge in [0.05, 0.1) is 0 Å². The van der Waals surface area contributed by atoms with Crippen molar-refractivity contribution >= 4 is 11.9 Å². The molecule has 0 bridgehead atoms. The van der Waals surface area contributed by atoms with Crippen LogP contribution in [0.15, 0.2) is 30.7 Å². The van der Waals surface area contributed by atoms with E-state index in [1.807, 2.05) is 6.92 Å². The van der Waals surface area contributed by atoms with Gasteiger partial charge in [-0.1, -0.05) is 0 Å². The number of aromatic nitrogens is 4. The summed E-state index contributed by atoms with van der Waals surface area (Å²) >= 11 is 0. The third kappa shape index (κ3) is 2.05. The number of anilines is 1. The van der Waals surface area contributed by atoms with Gasteiger partial charge in [0.15, 0.2) is 0 Å². The van der Waals surface area contributed by atoms with Gasteiger partial charge in [0.1, 0.15) is 5.69 Å². The Morgan fingerprint density at radius 2 is 2.12 bits per heavy atom. The van der Waals surface area contributed by atoms with Crippen LogP contribution in [0, 0.1) is 0 Å². The zero-order valence-corrected chi connectivity index (χ0v) is 8.79. The molecule has 16 heavy (non-hydrogen) atoms. The highest BCUT2D eigenvalue weighted by Crippen LogP contribution is 2.02. The molecule has 6 nitrogen and oxygen atoms in total. The lowest BCUT2D eigenvalue weighted by molar-refractivity contribution is 0.101. The Hall–Kier alpha value is -2.24. The van der Waals surface area contributed by atoms with Crippen LogP contribution in [0.25, 0.3) is 0 Å². The fraction of sp³-hybridized carbons (Fsp3) is 0.200. The summed E-state index contributed by atoms with van der Waals surface area (Å²) in [5, 5.41) is 6.61. The second-order valence-corrected chi connectivity index (χ2v) is 3.06. The summed E-state index contributed by atoms with van der Waals surface area (Å²) in [5.41, 5.74) is 0.495. The van der Waals surface area contributed by atoms with E-state index in [2.05, 4.69) is 20.4 Å². The minimum absolute atomic E-state index is 0.259. The zero-order valence-electron chi connectivity index (χ0n) is 8.79. The van der Waals surface area contributed by atoms with E-state index in [1.54, 1.807) is 35.4 Å². The molecule has 2 aromatic rings. The zero-order chi connectivity index (χ0) is 11.4. The van der Waals surface area contributed by atoms with Gasteiger partial charge in [0.25, 0.3) is 5.91 Å². The number of hydrogen-bond donors (Lipinski definition) is 1. The highest BCUT2D eigenvalue weighted by molar-refractivity contribution is 6.01. The summed E-state index contributed by atoms with van der Waals surface area (Å²) in [5.74, 6) is 0.0295. The molecule has 6 heteroatoms. The van der Waals surface area contributed by atoms with Gasteiger partial charge in [-0.3, -0.25) is 14.8 Å². The van der Waals surface area contributed by atoms with E-state index in [4.69, 9.17) is 0 Å². The molecule has 0 fully saturated rings. The molecule has 0 radical (unpaired) electrons. The van der Waals surface area contributed by atoms with Crippen LogP contribution in [0.4, 0.5) is 5.95 Å². The molecular weight excluding hydrogens is 206 g/mol. The van der Waals surface area contributed by atoms with Gasteiger partial charge in [-0.15, -0.1) is 0 Å². The van der Waals surface area contributed by atoms with Gasteiger partial charge in [0, 0.05) is 25.1 Å². The summed E-state index contributed by atoms with van der Waals surface area (Å²) in [6.45, 7) is 2.56. The van der Waals surface area contributed by atoms with E-state index in [0.717, 1.165) is 0 Å². The third-order valence-corrected chi connectivity index (χ3v) is 2.04. The van der Waals surface area contributed by atoms with E-state index in [0.29, 0.717) is 12.2 Å². The molecule has 0 aromatic carbocycles. The number of amides is 1. The topological polar surface area (TPSA) is 72.7 Å². The standard InChI is InChI=1S/C10H11N5O/c1-2-15-8(4-7-13-15)9(16)14-10-11-5-3-6-12-10/h3-7H,2H2,1H3,(H,11,12,14,16). The van der Waals surface area contributed by atoms with Crippen molar-refractivity contribution in [1.29, 1.82) is 0 Å². The summed E-state index contributed by atoms with van der Waals surface area (Å²) in [7, 11) is 0. The fourth-order valence-electron chi connectivity index (χ4n) is 1.31. The van der Waals surface area contributed by atoms with E-state index in [1.165, 1.54) is 0 Å². The average Bonchev–Trinajstić information content (AvgIpc) is 2.78. The van der Waals surface area contributed by atoms with Crippen molar-refractivity contribution in [1.82, 2.24) is 19.7 Å². The minimum atomic E-state index is -0.259. The lowest BCUT2D eigenvalue weighted by Gasteiger charge is -2.04. The Labute approximate surface area is 92.3 Å². The highest BCUT2D eigenvalue weighted by Gasteiger charge is 2.11. The Morgan fingerprint density at radius 3 is 2.81 bits per heavy atom. The number of carbonyl (C=O) groups excluding carboxylic acids is 1. The van der Waals surface area contributed by atoms with Crippen LogP contribution in [0.3, 0.4) is 0 Å². The van der Waals surface area contributed by atoms with Crippen molar-refractivity contribution in [2.24, 2.45) is 0 Å². The first-order valence-corrected chi connectivity index (χ1v) is 4.91. The number of rotatable bonds is 3. The van der Waals surface area contributed by atoms with Gasteiger partial charge in [-0.2, -0.15) is 5.10 Å². The summed E-state index contributed by atoms with van der Waals surface area (Å²) < 4.78 is 1.61. The minimum Gasteiger partial charge on any atom is -0.289 e. The van der Waals surface area contributed by atoms with Gasteiger partial charge in [-0.25, -0.2) is 9.97 Å². The SMILES string of the molecule is CCn1nccc1C(=O)Nc1ncccn1. The lowest BCUT2D eigenvalue weighted by Crippen LogP contribution is -2.18. The normalized spacial score (nSPS) is 10.1. The Balaban J connectivity index is 2.15. The van der Waals surface area contributed by atoms with Crippen LogP contribution >= 0.6 is 0 Å². The monoisotopic (exact) mass is 217 g/mol. The maximum atomic E-state index is 11.8. The number of carbonyl (C=O) groups is 1. The lowest BCUT2D eigenvalue weighted by atomic mass is 10.4. The quantitative estimate of drug-likeness (QED) is 0.830. The second-order valence-electron chi connectivity index (χ2n) is 3.06. The predicted molar refractivity (Wildman–Crippen MR) is 57.9 cm³/mol. The molecule has 0 spiro atoms. The van der Waals surface area contributed by atoms with Crippen molar-refractivity contribution in [2.45, 2.75) is 13.5 Å². The second kappa shape index (κ2) is 4.52. The third-order valence-electron chi connectivity index (χ3n) is 2.04. The molecule has 0 saturated heterocycles. The van der Waals surface area contributed by atoms with E-state index in [-0.39, 0.29) is 11.9 Å². The first-order chi connectivity index (χ1) is 7.81. The molecular formula is C10H11N5O. The van der Waals surface area contributed by atoms with Gasteiger partial charge >= 0.3 is 0 Å². The van der Waals surface area contributed by atoms with Gasteiger partial charge in [-0.05, 0) is 19.1 Å². The molecule has 0 saturated carbocycles. The number of hydrogen-bond acceptors (Lipinski definition) is 4. The maximum Gasteiger partial charge on any atom is 0.276 e. The smallest absolute Gasteiger partial charge is 0.276 e. The van der Waals surface area contributed by atoms with Crippen LogP contribution in [0.2, 0.25) is 0 Å². The van der Waals surface area contributed by atoms with Crippen molar-refractivity contribution in [3.63, 3.8) is 0 Å². The van der Waals surface area contributed by atoms with Crippen molar-refractivity contribution in [2.75, 3.05) is 5.32 Å². The molecule has 0 aliphatic carbocycles. The summed E-state index contributed by atoms with van der Waals surface area (Å²) in [4.78, 5) is 19.6. The van der Waals surface area contributed by atoms with Crippen LogP contribution in [-0.2, 0) is 6.54 Å². The Bertz CT molecular complexity index is 479. The van der Waals surface area contributed by atoms with Crippen LogP contribution in [0.1, 0.15) is 17.4 Å². The molecule has 1 amide bonds. The Morgan fingerprint density at radius 1 is 1.38 bits per heavy atom. The molecule has 0 unspecified atom stereocenters. The van der Waals surface area contributed by atoms with Gasteiger partial charge in [0.2, 0.25) is 5.95 Å². The van der Waals surface area contributed by atoms with E-state index >= 15 is 0 Å². The molecule has 2 rings (SSSR count). The van der Waals surface area contributed by atoms with Crippen LogP contribution in [-0.4, -0.2) is 25.7 Å². The molecule has 2 heterocycles. The van der Waals surface area contributed by atoms with E-state index < -0.39 is 0 Å². The van der Waals surface area contributed by atoms with Crippen molar-refractivity contribution in [3.8, 4) is 0 Å². The molecule has 0 atom stereocenters. The predicted octanol–water partition coefficient (Wildman–Crippen LogP) is 0.945. The van der Waals surface area contributed by atoms with Crippen LogP contribution in [0.5, 0.6) is 0 Å². The number of aryl methyl sites for hydroxylation is 1. The van der Waals surface area contributed by atoms with Gasteiger partial charge < -0.3 is 0 Å². The largest absolute Gasteiger partial charge is 0.289 e. The van der Waals surface area contributed by atoms with Crippen molar-refractivity contribution < 1.29 is 4.79 Å².